The average Bonchev–Trinajstić information content (AvgIpc) is 2.41. The number of hydrogen-bond acceptors (Lipinski definition) is 4. The molecule has 0 aromatic heterocycles. The monoisotopic (exact) mass is 287 g/mol. The van der Waals surface area contributed by atoms with Gasteiger partial charge in [-0.05, 0) is 26.1 Å². The minimum atomic E-state index is -0.945. The number of nitrogens with one attached hydrogen (secondary N) is 1. The fourth-order valence-electron chi connectivity index (χ4n) is 1.89. The summed E-state index contributed by atoms with van der Waals surface area (Å²) < 4.78 is 27.1. The van der Waals surface area contributed by atoms with Crippen molar-refractivity contribution in [1.82, 2.24) is 4.90 Å². The number of halogens is 2. The number of nitro benzene ring substituents is 1. The Labute approximate surface area is 116 Å². The van der Waals surface area contributed by atoms with Gasteiger partial charge in [0.1, 0.15) is 5.69 Å². The van der Waals surface area contributed by atoms with Gasteiger partial charge in [0, 0.05) is 6.54 Å². The molecule has 0 amide bonds. The molecule has 112 valence electrons. The molecule has 0 bridgehead atoms. The van der Waals surface area contributed by atoms with Crippen molar-refractivity contribution >= 4 is 11.4 Å². The Kier molecular flexibility index (Phi) is 6.30. The number of rotatable bonds is 8. The Morgan fingerprint density at radius 3 is 2.25 bits per heavy atom. The van der Waals surface area contributed by atoms with Gasteiger partial charge in [-0.15, -0.1) is 0 Å². The van der Waals surface area contributed by atoms with Gasteiger partial charge < -0.3 is 10.2 Å². The maximum atomic E-state index is 13.6. The molecule has 0 fully saturated rings. The van der Waals surface area contributed by atoms with Gasteiger partial charge in [-0.1, -0.05) is 13.8 Å². The molecule has 1 rings (SSSR count). The van der Waals surface area contributed by atoms with Crippen LogP contribution in [-0.4, -0.2) is 36.0 Å². The molecule has 0 unspecified atom stereocenters. The van der Waals surface area contributed by atoms with Crippen LogP contribution in [0.2, 0.25) is 0 Å². The van der Waals surface area contributed by atoms with Gasteiger partial charge in [-0.2, -0.15) is 0 Å². The van der Waals surface area contributed by atoms with E-state index in [1.54, 1.807) is 0 Å². The lowest BCUT2D eigenvalue weighted by atomic mass is 10.2. The maximum absolute atomic E-state index is 13.6. The maximum Gasteiger partial charge on any atom is 0.275 e. The lowest BCUT2D eigenvalue weighted by molar-refractivity contribution is -0.385. The highest BCUT2D eigenvalue weighted by Gasteiger charge is 2.16. The molecule has 0 spiro atoms. The molecule has 0 saturated heterocycles. The van der Waals surface area contributed by atoms with E-state index in [0.717, 1.165) is 38.2 Å². The Morgan fingerprint density at radius 2 is 1.80 bits per heavy atom. The third-order valence-corrected chi connectivity index (χ3v) is 3.09. The van der Waals surface area contributed by atoms with E-state index in [4.69, 9.17) is 0 Å². The molecule has 1 aromatic rings. The number of anilines is 1. The van der Waals surface area contributed by atoms with Gasteiger partial charge in [-0.25, -0.2) is 8.78 Å². The first-order valence-corrected chi connectivity index (χ1v) is 6.59. The van der Waals surface area contributed by atoms with Crippen molar-refractivity contribution in [2.45, 2.75) is 20.3 Å². The second-order valence-electron chi connectivity index (χ2n) is 4.35. The second-order valence-corrected chi connectivity index (χ2v) is 4.35. The van der Waals surface area contributed by atoms with Crippen molar-refractivity contribution < 1.29 is 13.7 Å². The first kappa shape index (κ1) is 16.3. The van der Waals surface area contributed by atoms with Crippen LogP contribution in [0, 0.1) is 21.7 Å². The molecule has 0 atom stereocenters. The van der Waals surface area contributed by atoms with Crippen molar-refractivity contribution in [3.8, 4) is 0 Å². The smallest absolute Gasteiger partial charge is 0.275 e. The molecule has 0 aliphatic carbocycles. The first-order valence-electron chi connectivity index (χ1n) is 6.59. The van der Waals surface area contributed by atoms with Crippen LogP contribution in [0.15, 0.2) is 12.1 Å². The van der Waals surface area contributed by atoms with Crippen LogP contribution in [0.3, 0.4) is 0 Å². The van der Waals surface area contributed by atoms with E-state index < -0.39 is 22.2 Å². The molecule has 0 aliphatic rings. The summed E-state index contributed by atoms with van der Waals surface area (Å²) in [4.78, 5) is 11.8. The summed E-state index contributed by atoms with van der Waals surface area (Å²) in [5.41, 5.74) is -0.899. The molecule has 0 radical (unpaired) electrons. The zero-order chi connectivity index (χ0) is 15.1. The normalized spacial score (nSPS) is 10.8. The first-order chi connectivity index (χ1) is 9.49. The second kappa shape index (κ2) is 7.74. The summed E-state index contributed by atoms with van der Waals surface area (Å²) >= 11 is 0. The lowest BCUT2D eigenvalue weighted by Gasteiger charge is -2.18. The van der Waals surface area contributed by atoms with E-state index in [0.29, 0.717) is 6.54 Å². The summed E-state index contributed by atoms with van der Waals surface area (Å²) in [5.74, 6) is -1.89. The third-order valence-electron chi connectivity index (χ3n) is 3.09. The molecule has 0 saturated carbocycles. The summed E-state index contributed by atoms with van der Waals surface area (Å²) in [5, 5.41) is 13.1. The standard InChI is InChI=1S/C13H19F2N3O2/c1-3-17(4-2)7-5-6-16-13-11(14)8-10(18(19)20)9-12(13)15/h8-9,16H,3-7H2,1-2H3. The zero-order valence-electron chi connectivity index (χ0n) is 11.7. The van der Waals surface area contributed by atoms with E-state index in [1.807, 2.05) is 13.8 Å². The minimum absolute atomic E-state index is 0.310. The Bertz CT molecular complexity index is 442. The number of nitro groups is 1. The predicted molar refractivity (Wildman–Crippen MR) is 73.9 cm³/mol. The molecular formula is C13H19F2N3O2. The summed E-state index contributed by atoms with van der Waals surface area (Å²) in [6.45, 7) is 7.19. The molecule has 5 nitrogen and oxygen atoms in total. The van der Waals surface area contributed by atoms with E-state index in [2.05, 4.69) is 10.2 Å². The zero-order valence-corrected chi connectivity index (χ0v) is 11.7. The van der Waals surface area contributed by atoms with Crippen LogP contribution in [-0.2, 0) is 0 Å². The van der Waals surface area contributed by atoms with Gasteiger partial charge in [0.05, 0.1) is 17.1 Å². The molecule has 1 N–H and O–H groups in total. The van der Waals surface area contributed by atoms with E-state index in [9.17, 15) is 18.9 Å². The molecular weight excluding hydrogens is 268 g/mol. The predicted octanol–water partition coefficient (Wildman–Crippen LogP) is 3.02. The van der Waals surface area contributed by atoms with Gasteiger partial charge in [0.15, 0.2) is 11.6 Å². The highest BCUT2D eigenvalue weighted by atomic mass is 19.1. The van der Waals surface area contributed by atoms with Crippen molar-refractivity contribution in [2.75, 3.05) is 31.5 Å². The van der Waals surface area contributed by atoms with Crippen LogP contribution >= 0.6 is 0 Å². The van der Waals surface area contributed by atoms with Crippen molar-refractivity contribution in [3.05, 3.63) is 33.9 Å². The molecule has 1 aromatic carbocycles. The van der Waals surface area contributed by atoms with Gasteiger partial charge >= 0.3 is 0 Å². The summed E-state index contributed by atoms with van der Waals surface area (Å²) in [6.07, 6.45) is 0.734. The largest absolute Gasteiger partial charge is 0.380 e. The highest BCUT2D eigenvalue weighted by Crippen LogP contribution is 2.24. The van der Waals surface area contributed by atoms with Crippen LogP contribution in [0.4, 0.5) is 20.2 Å². The summed E-state index contributed by atoms with van der Waals surface area (Å²) in [6, 6.07) is 1.44. The van der Waals surface area contributed by atoms with Crippen LogP contribution in [0.5, 0.6) is 0 Å². The Balaban J connectivity index is 2.58. The molecule has 0 aliphatic heterocycles. The SMILES string of the molecule is CCN(CC)CCCNc1c(F)cc([N+](=O)[O-])cc1F. The topological polar surface area (TPSA) is 58.4 Å². The van der Waals surface area contributed by atoms with E-state index >= 15 is 0 Å². The van der Waals surface area contributed by atoms with E-state index in [-0.39, 0.29) is 5.69 Å². The van der Waals surface area contributed by atoms with Gasteiger partial charge in [-0.3, -0.25) is 10.1 Å². The number of hydrogen-bond donors (Lipinski definition) is 1. The molecule has 7 heteroatoms. The molecule has 20 heavy (non-hydrogen) atoms. The summed E-state index contributed by atoms with van der Waals surface area (Å²) in [7, 11) is 0. The van der Waals surface area contributed by atoms with Gasteiger partial charge in [0.25, 0.3) is 5.69 Å². The fraction of sp³-hybridized carbons (Fsp3) is 0.538. The Morgan fingerprint density at radius 1 is 1.25 bits per heavy atom. The number of non-ortho nitro benzene ring substituents is 1. The quantitative estimate of drug-likeness (QED) is 0.453. The highest BCUT2D eigenvalue weighted by molar-refractivity contribution is 5.51. The van der Waals surface area contributed by atoms with Crippen molar-refractivity contribution in [1.29, 1.82) is 0 Å². The fourth-order valence-corrected chi connectivity index (χ4v) is 1.89. The number of benzene rings is 1. The van der Waals surface area contributed by atoms with Crippen LogP contribution < -0.4 is 5.32 Å². The van der Waals surface area contributed by atoms with Gasteiger partial charge in [0.2, 0.25) is 0 Å². The van der Waals surface area contributed by atoms with E-state index in [1.165, 1.54) is 0 Å². The van der Waals surface area contributed by atoms with Crippen LogP contribution in [0.1, 0.15) is 20.3 Å². The van der Waals surface area contributed by atoms with Crippen LogP contribution in [0.25, 0.3) is 0 Å². The lowest BCUT2D eigenvalue weighted by Crippen LogP contribution is -2.25. The Hall–Kier alpha value is -1.76. The minimum Gasteiger partial charge on any atom is -0.380 e. The van der Waals surface area contributed by atoms with Crippen molar-refractivity contribution in [3.63, 3.8) is 0 Å². The van der Waals surface area contributed by atoms with Crippen molar-refractivity contribution in [2.24, 2.45) is 0 Å². The third kappa shape index (κ3) is 4.41. The average molecular weight is 287 g/mol. The number of nitrogens with zero attached hydrogens (tertiary/aromatic N) is 2. The molecule has 0 heterocycles.